The van der Waals surface area contributed by atoms with Gasteiger partial charge in [-0.2, -0.15) is 0 Å². The van der Waals surface area contributed by atoms with Crippen molar-refractivity contribution in [2.45, 2.75) is 32.4 Å². The number of hydrogen-bond donors (Lipinski definition) is 1. The molecular formula is C14H17N3S. The minimum Gasteiger partial charge on any atom is -0.303 e. The Hall–Kier alpha value is -1.26. The van der Waals surface area contributed by atoms with E-state index in [1.54, 1.807) is 0 Å². The summed E-state index contributed by atoms with van der Waals surface area (Å²) >= 11 is 1.84. The lowest BCUT2D eigenvalue weighted by molar-refractivity contribution is 0.483. The average molecular weight is 259 g/mol. The maximum atomic E-state index is 4.39. The monoisotopic (exact) mass is 259 g/mol. The molecule has 1 unspecified atom stereocenters. The second-order valence-corrected chi connectivity index (χ2v) is 5.84. The molecule has 1 fully saturated rings. The molecule has 1 aliphatic carbocycles. The number of nitrogens with one attached hydrogen (secondary N) is 1. The van der Waals surface area contributed by atoms with Gasteiger partial charge >= 0.3 is 0 Å². The molecule has 1 saturated carbocycles. The number of hydrogen-bond acceptors (Lipinski definition) is 4. The molecule has 1 aliphatic rings. The summed E-state index contributed by atoms with van der Waals surface area (Å²) in [6.45, 7) is 2.76. The number of nitrogens with zero attached hydrogens (tertiary/aromatic N) is 2. The van der Waals surface area contributed by atoms with Crippen molar-refractivity contribution in [3.63, 3.8) is 0 Å². The van der Waals surface area contributed by atoms with Gasteiger partial charge in [0, 0.05) is 29.9 Å². The largest absolute Gasteiger partial charge is 0.303 e. The summed E-state index contributed by atoms with van der Waals surface area (Å²) in [7, 11) is 0. The second kappa shape index (κ2) is 5.16. The van der Waals surface area contributed by atoms with Crippen LogP contribution in [-0.4, -0.2) is 9.97 Å². The molecule has 0 aromatic carbocycles. The maximum absolute atomic E-state index is 4.39. The van der Waals surface area contributed by atoms with Gasteiger partial charge in [-0.15, -0.1) is 11.3 Å². The molecule has 2 heterocycles. The Morgan fingerprint density at radius 3 is 2.89 bits per heavy atom. The van der Waals surface area contributed by atoms with Gasteiger partial charge in [-0.3, -0.25) is 9.97 Å². The van der Waals surface area contributed by atoms with Crippen molar-refractivity contribution in [3.05, 3.63) is 46.2 Å². The lowest BCUT2D eigenvalue weighted by atomic mass is 10.1. The first kappa shape index (κ1) is 11.8. The molecule has 0 aliphatic heterocycles. The minimum atomic E-state index is 0.494. The van der Waals surface area contributed by atoms with Crippen LogP contribution in [0.2, 0.25) is 0 Å². The van der Waals surface area contributed by atoms with Gasteiger partial charge in [-0.25, -0.2) is 0 Å². The quantitative estimate of drug-likeness (QED) is 0.896. The van der Waals surface area contributed by atoms with Gasteiger partial charge in [0.1, 0.15) is 0 Å². The normalized spacial score (nSPS) is 16.7. The highest BCUT2D eigenvalue weighted by atomic mass is 32.1. The highest BCUT2D eigenvalue weighted by Gasteiger charge is 2.32. The smallest absolute Gasteiger partial charge is 0.0724 e. The Bertz CT molecular complexity index is 488. The zero-order valence-electron chi connectivity index (χ0n) is 10.5. The van der Waals surface area contributed by atoms with E-state index in [2.05, 4.69) is 32.8 Å². The molecule has 1 atom stereocenters. The summed E-state index contributed by atoms with van der Waals surface area (Å²) in [5, 5.41) is 5.78. The molecule has 3 rings (SSSR count). The van der Waals surface area contributed by atoms with Crippen LogP contribution in [0.3, 0.4) is 0 Å². The van der Waals surface area contributed by atoms with Crippen LogP contribution >= 0.6 is 11.3 Å². The van der Waals surface area contributed by atoms with Crippen molar-refractivity contribution in [1.82, 2.24) is 15.3 Å². The SMILES string of the molecule is Cc1cnc(CNC(c2cccs2)C2CC2)cn1. The summed E-state index contributed by atoms with van der Waals surface area (Å²) in [6, 6.07) is 4.85. The van der Waals surface area contributed by atoms with Gasteiger partial charge < -0.3 is 5.32 Å². The fourth-order valence-corrected chi connectivity index (χ4v) is 3.02. The van der Waals surface area contributed by atoms with E-state index >= 15 is 0 Å². The van der Waals surface area contributed by atoms with E-state index in [4.69, 9.17) is 0 Å². The molecule has 0 saturated heterocycles. The number of thiophene rings is 1. The third-order valence-electron chi connectivity index (χ3n) is 3.28. The summed E-state index contributed by atoms with van der Waals surface area (Å²) in [6.07, 6.45) is 6.37. The summed E-state index contributed by atoms with van der Waals surface area (Å²) < 4.78 is 0. The van der Waals surface area contributed by atoms with E-state index in [-0.39, 0.29) is 0 Å². The van der Waals surface area contributed by atoms with Crippen LogP contribution in [0.5, 0.6) is 0 Å². The van der Waals surface area contributed by atoms with Gasteiger partial charge in [0.2, 0.25) is 0 Å². The number of aromatic nitrogens is 2. The zero-order chi connectivity index (χ0) is 12.4. The van der Waals surface area contributed by atoms with E-state index in [1.165, 1.54) is 17.7 Å². The molecule has 94 valence electrons. The highest BCUT2D eigenvalue weighted by Crippen LogP contribution is 2.42. The third-order valence-corrected chi connectivity index (χ3v) is 4.24. The summed E-state index contributed by atoms with van der Waals surface area (Å²) in [5.74, 6) is 0.807. The first-order valence-corrected chi connectivity index (χ1v) is 7.25. The molecule has 0 bridgehead atoms. The van der Waals surface area contributed by atoms with E-state index in [9.17, 15) is 0 Å². The molecule has 2 aromatic rings. The minimum absolute atomic E-state index is 0.494. The standard InChI is InChI=1S/C14H17N3S/c1-10-7-16-12(8-15-10)9-17-14(11-4-5-11)13-3-2-6-18-13/h2-3,6-8,11,14,17H,4-5,9H2,1H3. The van der Waals surface area contributed by atoms with E-state index in [1.807, 2.05) is 30.7 Å². The molecule has 1 N–H and O–H groups in total. The second-order valence-electron chi connectivity index (χ2n) is 4.86. The lowest BCUT2D eigenvalue weighted by Crippen LogP contribution is -2.22. The van der Waals surface area contributed by atoms with Crippen molar-refractivity contribution < 1.29 is 0 Å². The van der Waals surface area contributed by atoms with Gasteiger partial charge in [0.05, 0.1) is 11.4 Å². The Balaban J connectivity index is 1.65. The van der Waals surface area contributed by atoms with E-state index in [0.717, 1.165) is 23.9 Å². The van der Waals surface area contributed by atoms with Crippen LogP contribution in [0, 0.1) is 12.8 Å². The lowest BCUT2D eigenvalue weighted by Gasteiger charge is -2.16. The van der Waals surface area contributed by atoms with Gasteiger partial charge in [0.15, 0.2) is 0 Å². The molecule has 18 heavy (non-hydrogen) atoms. The van der Waals surface area contributed by atoms with Crippen LogP contribution < -0.4 is 5.32 Å². The average Bonchev–Trinajstić information content (AvgIpc) is 3.07. The Kier molecular flexibility index (Phi) is 3.39. The number of rotatable bonds is 5. The van der Waals surface area contributed by atoms with Crippen LogP contribution in [0.15, 0.2) is 29.9 Å². The van der Waals surface area contributed by atoms with Gasteiger partial charge in [0.25, 0.3) is 0 Å². The molecular weight excluding hydrogens is 242 g/mol. The van der Waals surface area contributed by atoms with Crippen LogP contribution in [0.25, 0.3) is 0 Å². The molecule has 0 amide bonds. The van der Waals surface area contributed by atoms with Gasteiger partial charge in [-0.1, -0.05) is 6.07 Å². The molecule has 0 radical (unpaired) electrons. The fraction of sp³-hybridized carbons (Fsp3) is 0.429. The Morgan fingerprint density at radius 2 is 2.28 bits per heavy atom. The molecule has 3 nitrogen and oxygen atoms in total. The third kappa shape index (κ3) is 2.76. The Morgan fingerprint density at radius 1 is 1.39 bits per heavy atom. The van der Waals surface area contributed by atoms with Crippen molar-refractivity contribution in [1.29, 1.82) is 0 Å². The van der Waals surface area contributed by atoms with Crippen molar-refractivity contribution in [3.8, 4) is 0 Å². The van der Waals surface area contributed by atoms with E-state index in [0.29, 0.717) is 6.04 Å². The zero-order valence-corrected chi connectivity index (χ0v) is 11.3. The van der Waals surface area contributed by atoms with Crippen LogP contribution in [-0.2, 0) is 6.54 Å². The number of aryl methyl sites for hydroxylation is 1. The predicted octanol–water partition coefficient (Wildman–Crippen LogP) is 3.09. The summed E-state index contributed by atoms with van der Waals surface area (Å²) in [4.78, 5) is 10.1. The van der Waals surface area contributed by atoms with Crippen molar-refractivity contribution >= 4 is 11.3 Å². The maximum Gasteiger partial charge on any atom is 0.0724 e. The topological polar surface area (TPSA) is 37.8 Å². The van der Waals surface area contributed by atoms with Gasteiger partial charge in [-0.05, 0) is 37.1 Å². The fourth-order valence-electron chi connectivity index (χ4n) is 2.12. The summed E-state index contributed by atoms with van der Waals surface area (Å²) in [5.41, 5.74) is 1.98. The van der Waals surface area contributed by atoms with Crippen molar-refractivity contribution in [2.24, 2.45) is 5.92 Å². The van der Waals surface area contributed by atoms with Crippen LogP contribution in [0.1, 0.15) is 35.1 Å². The molecule has 2 aromatic heterocycles. The van der Waals surface area contributed by atoms with E-state index < -0.39 is 0 Å². The first-order valence-electron chi connectivity index (χ1n) is 6.37. The van der Waals surface area contributed by atoms with Crippen molar-refractivity contribution in [2.75, 3.05) is 0 Å². The highest BCUT2D eigenvalue weighted by molar-refractivity contribution is 7.10. The predicted molar refractivity (Wildman–Crippen MR) is 73.4 cm³/mol. The Labute approximate surface area is 111 Å². The van der Waals surface area contributed by atoms with Crippen LogP contribution in [0.4, 0.5) is 0 Å². The first-order chi connectivity index (χ1) is 8.83. The molecule has 4 heteroatoms. The molecule has 0 spiro atoms.